The number of ether oxygens (including phenoxy) is 1. The lowest BCUT2D eigenvalue weighted by molar-refractivity contribution is 0.0993. The van der Waals surface area contributed by atoms with Gasteiger partial charge in [-0.15, -0.1) is 23.7 Å². The van der Waals surface area contributed by atoms with Gasteiger partial charge < -0.3 is 10.5 Å². The molecule has 0 aliphatic carbocycles. The number of thioether (sulfide) groups is 1. The summed E-state index contributed by atoms with van der Waals surface area (Å²) in [7, 11) is 0. The summed E-state index contributed by atoms with van der Waals surface area (Å²) < 4.78 is 20.0. The number of halogens is 2. The normalized spacial score (nSPS) is 19.1. The zero-order valence-corrected chi connectivity index (χ0v) is 17.6. The third kappa shape index (κ3) is 4.83. The van der Waals surface area contributed by atoms with Crippen LogP contribution >= 0.6 is 35.5 Å². The van der Waals surface area contributed by atoms with Gasteiger partial charge in [0.05, 0.1) is 12.1 Å². The molecule has 0 radical (unpaired) electrons. The number of nitrogens with zero attached hydrogens (tertiary/aromatic N) is 1. The smallest absolute Gasteiger partial charge is 0.180 e. The minimum absolute atomic E-state index is 0. The van der Waals surface area contributed by atoms with Crippen LogP contribution < -0.4 is 10.5 Å². The molecule has 2 aromatic rings. The fraction of sp³-hybridized carbons (Fsp3) is 0.368. The molecule has 1 atom stereocenters. The lowest BCUT2D eigenvalue weighted by Crippen LogP contribution is -2.29. The molecular weight excluding hydrogens is 407 g/mol. The van der Waals surface area contributed by atoms with E-state index in [1.165, 1.54) is 29.2 Å². The molecule has 0 saturated heterocycles. The Morgan fingerprint density at radius 2 is 2.19 bits per heavy atom. The Morgan fingerprint density at radius 3 is 2.89 bits per heavy atom. The second kappa shape index (κ2) is 9.08. The van der Waals surface area contributed by atoms with Gasteiger partial charge in [-0.25, -0.2) is 4.39 Å². The van der Waals surface area contributed by atoms with Crippen LogP contribution in [0.15, 0.2) is 34.6 Å². The number of carbonyl (C=O) groups is 1. The van der Waals surface area contributed by atoms with Crippen LogP contribution in [0.2, 0.25) is 0 Å². The zero-order valence-electron chi connectivity index (χ0n) is 15.2. The zero-order chi connectivity index (χ0) is 18.7. The van der Waals surface area contributed by atoms with E-state index in [0.717, 1.165) is 11.3 Å². The van der Waals surface area contributed by atoms with Crippen LogP contribution in [0, 0.1) is 5.82 Å². The number of aliphatic imine (C=N–C) groups is 1. The number of amidine groups is 1. The lowest BCUT2D eigenvalue weighted by Gasteiger charge is -2.30. The van der Waals surface area contributed by atoms with E-state index in [2.05, 4.69) is 4.99 Å². The molecule has 1 aliphatic heterocycles. The van der Waals surface area contributed by atoms with Crippen molar-refractivity contribution < 1.29 is 13.9 Å². The molecule has 3 rings (SSSR count). The molecule has 1 aliphatic rings. The molecule has 0 fully saturated rings. The highest BCUT2D eigenvalue weighted by Gasteiger charge is 2.32. The monoisotopic (exact) mass is 428 g/mol. The van der Waals surface area contributed by atoms with E-state index in [9.17, 15) is 9.18 Å². The molecule has 4 nitrogen and oxygen atoms in total. The summed E-state index contributed by atoms with van der Waals surface area (Å²) in [6.07, 6.45) is 0.893. The highest BCUT2D eigenvalue weighted by atomic mass is 35.5. The first kappa shape index (κ1) is 21.7. The van der Waals surface area contributed by atoms with Crippen molar-refractivity contribution in [2.24, 2.45) is 10.7 Å². The van der Waals surface area contributed by atoms with Crippen LogP contribution in [0.3, 0.4) is 0 Å². The van der Waals surface area contributed by atoms with Crippen molar-refractivity contribution in [1.82, 2.24) is 0 Å². The van der Waals surface area contributed by atoms with E-state index in [-0.39, 0.29) is 30.4 Å². The lowest BCUT2D eigenvalue weighted by atomic mass is 9.87. The number of carbonyl (C=O) groups excluding carboxylic acids is 1. The Labute approximate surface area is 172 Å². The highest BCUT2D eigenvalue weighted by Crippen LogP contribution is 2.37. The van der Waals surface area contributed by atoms with Crippen LogP contribution in [-0.2, 0) is 12.0 Å². The maximum absolute atomic E-state index is 14.5. The van der Waals surface area contributed by atoms with Gasteiger partial charge in [0.1, 0.15) is 16.4 Å². The second-order valence-corrected chi connectivity index (χ2v) is 8.31. The van der Waals surface area contributed by atoms with Crippen molar-refractivity contribution in [2.45, 2.75) is 32.2 Å². The van der Waals surface area contributed by atoms with Gasteiger partial charge in [0.2, 0.25) is 0 Å². The van der Waals surface area contributed by atoms with Crippen LogP contribution in [0.4, 0.5) is 4.39 Å². The highest BCUT2D eigenvalue weighted by molar-refractivity contribution is 8.13. The van der Waals surface area contributed by atoms with E-state index in [0.29, 0.717) is 34.4 Å². The minimum Gasteiger partial charge on any atom is -0.492 e. The summed E-state index contributed by atoms with van der Waals surface area (Å²) in [6.45, 7) is 4.27. The number of Topliss-reactive ketones (excluding diaryl/α,β-unsaturated/α-hetero) is 1. The van der Waals surface area contributed by atoms with Crippen molar-refractivity contribution in [3.05, 3.63) is 51.5 Å². The van der Waals surface area contributed by atoms with Crippen molar-refractivity contribution in [1.29, 1.82) is 0 Å². The second-order valence-electron chi connectivity index (χ2n) is 6.28. The van der Waals surface area contributed by atoms with Crippen LogP contribution in [0.5, 0.6) is 5.75 Å². The molecule has 0 unspecified atom stereocenters. The molecule has 0 amide bonds. The number of thiophene rings is 1. The van der Waals surface area contributed by atoms with E-state index >= 15 is 0 Å². The van der Waals surface area contributed by atoms with Gasteiger partial charge in [0, 0.05) is 17.7 Å². The predicted octanol–water partition coefficient (Wildman–Crippen LogP) is 4.80. The average Bonchev–Trinajstić information content (AvgIpc) is 3.05. The third-order valence-electron chi connectivity index (χ3n) is 4.35. The SMILES string of the molecule is CCOc1ccsc1C(=O)Cc1ccc(F)c([C@]2(C)CCSC(N)=N2)c1.Cl. The number of hydrogen-bond acceptors (Lipinski definition) is 6. The molecule has 0 bridgehead atoms. The van der Waals surface area contributed by atoms with Crippen molar-refractivity contribution >= 4 is 46.5 Å². The Kier molecular flexibility index (Phi) is 7.31. The van der Waals surface area contributed by atoms with E-state index in [1.807, 2.05) is 19.2 Å². The molecule has 1 aromatic heterocycles. The Balaban J connectivity index is 0.00000261. The quantitative estimate of drug-likeness (QED) is 0.671. The van der Waals surface area contributed by atoms with Gasteiger partial charge in [-0.05, 0) is 49.4 Å². The van der Waals surface area contributed by atoms with Crippen LogP contribution in [0.1, 0.15) is 41.1 Å². The number of nitrogens with two attached hydrogens (primary N) is 1. The fourth-order valence-electron chi connectivity index (χ4n) is 3.01. The first-order chi connectivity index (χ1) is 12.4. The topological polar surface area (TPSA) is 64.7 Å². The van der Waals surface area contributed by atoms with Gasteiger partial charge >= 0.3 is 0 Å². The van der Waals surface area contributed by atoms with Crippen molar-refractivity contribution in [3.8, 4) is 5.75 Å². The number of benzene rings is 1. The van der Waals surface area contributed by atoms with Gasteiger partial charge in [-0.1, -0.05) is 17.8 Å². The molecule has 8 heteroatoms. The van der Waals surface area contributed by atoms with E-state index in [4.69, 9.17) is 10.5 Å². The number of hydrogen-bond donors (Lipinski definition) is 1. The first-order valence-corrected chi connectivity index (χ1v) is 10.3. The molecule has 2 N–H and O–H groups in total. The maximum atomic E-state index is 14.5. The van der Waals surface area contributed by atoms with Gasteiger partial charge in [0.15, 0.2) is 11.0 Å². The van der Waals surface area contributed by atoms with Crippen LogP contribution in [0.25, 0.3) is 0 Å². The largest absolute Gasteiger partial charge is 0.492 e. The standard InChI is InChI=1S/C19H21FN2O2S2.ClH/c1-3-24-16-6-8-25-17(16)15(23)11-12-4-5-14(20)13(10-12)19(2)7-9-26-18(21)22-19;/h4-6,8,10H,3,7,9,11H2,1-2H3,(H2,21,22);1H/t19-;/m0./s1. The molecule has 0 saturated carbocycles. The van der Waals surface area contributed by atoms with Gasteiger partial charge in [-0.2, -0.15) is 0 Å². The van der Waals surface area contributed by atoms with Crippen molar-refractivity contribution in [3.63, 3.8) is 0 Å². The van der Waals surface area contributed by atoms with E-state index in [1.54, 1.807) is 18.2 Å². The Hall–Kier alpha value is -1.57. The van der Waals surface area contributed by atoms with E-state index < -0.39 is 5.54 Å². The van der Waals surface area contributed by atoms with Gasteiger partial charge in [0.25, 0.3) is 0 Å². The Morgan fingerprint density at radius 1 is 1.41 bits per heavy atom. The molecule has 0 spiro atoms. The molecular formula is C19H22ClFN2O2S2. The summed E-state index contributed by atoms with van der Waals surface area (Å²) in [5.74, 6) is 1.05. The fourth-order valence-corrected chi connectivity index (χ4v) is 4.76. The van der Waals surface area contributed by atoms with Crippen molar-refractivity contribution in [2.75, 3.05) is 12.4 Å². The molecule has 2 heterocycles. The summed E-state index contributed by atoms with van der Waals surface area (Å²) in [6, 6.07) is 6.61. The Bertz CT molecular complexity index is 856. The summed E-state index contributed by atoms with van der Waals surface area (Å²) >= 11 is 2.84. The molecule has 27 heavy (non-hydrogen) atoms. The summed E-state index contributed by atoms with van der Waals surface area (Å²) in [4.78, 5) is 17.7. The maximum Gasteiger partial charge on any atom is 0.180 e. The van der Waals surface area contributed by atoms with Gasteiger partial charge in [-0.3, -0.25) is 9.79 Å². The number of ketones is 1. The minimum atomic E-state index is -0.697. The number of rotatable bonds is 6. The molecule has 1 aromatic carbocycles. The average molecular weight is 429 g/mol. The first-order valence-electron chi connectivity index (χ1n) is 8.43. The summed E-state index contributed by atoms with van der Waals surface area (Å²) in [5.41, 5.74) is 6.40. The molecule has 146 valence electrons. The predicted molar refractivity (Wildman–Crippen MR) is 113 cm³/mol. The van der Waals surface area contributed by atoms with Crippen LogP contribution in [-0.4, -0.2) is 23.3 Å². The third-order valence-corrected chi connectivity index (χ3v) is 6.09. The summed E-state index contributed by atoms with van der Waals surface area (Å²) in [5, 5.41) is 2.31.